The summed E-state index contributed by atoms with van der Waals surface area (Å²) in [5.74, 6) is 1.29. The number of aromatic nitrogens is 3. The third-order valence-electron chi connectivity index (χ3n) is 6.44. The topological polar surface area (TPSA) is 98.6 Å². The average Bonchev–Trinajstić information content (AvgIpc) is 2.89. The fourth-order valence-corrected chi connectivity index (χ4v) is 4.00. The average molecular weight is 526 g/mol. The van der Waals surface area contributed by atoms with Gasteiger partial charge in [0.05, 0.1) is 22.6 Å². The largest absolute Gasteiger partial charge is 0.487 e. The first-order chi connectivity index (χ1) is 17.7. The number of rotatable bonds is 8. The second-order valence-electron chi connectivity index (χ2n) is 9.61. The second-order valence-corrected chi connectivity index (χ2v) is 10.0. The molecular formula is C27H32ClN5O4. The van der Waals surface area contributed by atoms with Gasteiger partial charge in [0.25, 0.3) is 5.56 Å². The second kappa shape index (κ2) is 11.6. The highest BCUT2D eigenvalue weighted by atomic mass is 35.5. The van der Waals surface area contributed by atoms with Crippen LogP contribution in [0.3, 0.4) is 0 Å². The van der Waals surface area contributed by atoms with Crippen LogP contribution in [0.15, 0.2) is 59.8 Å². The molecule has 196 valence electrons. The summed E-state index contributed by atoms with van der Waals surface area (Å²) in [7, 11) is 0. The Kier molecular flexibility index (Phi) is 8.33. The summed E-state index contributed by atoms with van der Waals surface area (Å²) >= 11 is 5.85. The number of piperidine rings is 1. The third-order valence-corrected chi connectivity index (χ3v) is 6.66. The molecule has 0 spiro atoms. The highest BCUT2D eigenvalue weighted by Crippen LogP contribution is 2.20. The van der Waals surface area contributed by atoms with Crippen molar-refractivity contribution >= 4 is 23.5 Å². The molecule has 3 aromatic heterocycles. The lowest BCUT2D eigenvalue weighted by atomic mass is 10.1. The lowest BCUT2D eigenvalue weighted by Gasteiger charge is -2.33. The minimum absolute atomic E-state index is 0.0745. The summed E-state index contributed by atoms with van der Waals surface area (Å²) in [6.07, 6.45) is 6.90. The SMILES string of the molecule is CCC(C)(C)OC(=O)NC1CCN(c2ccc(-n3ccc(OCc4ccc(Cl)cn4)cc3=O)cn2)CC1. The molecule has 4 rings (SSSR count). The van der Waals surface area contributed by atoms with Gasteiger partial charge >= 0.3 is 6.09 Å². The maximum absolute atomic E-state index is 12.7. The van der Waals surface area contributed by atoms with Gasteiger partial charge in [0.15, 0.2) is 0 Å². The first kappa shape index (κ1) is 26.5. The summed E-state index contributed by atoms with van der Waals surface area (Å²) in [6.45, 7) is 7.57. The van der Waals surface area contributed by atoms with Gasteiger partial charge in [-0.15, -0.1) is 0 Å². The summed E-state index contributed by atoms with van der Waals surface area (Å²) in [4.78, 5) is 35.8. The van der Waals surface area contributed by atoms with Crippen LogP contribution in [0, 0.1) is 0 Å². The molecule has 1 aliphatic rings. The number of alkyl carbamates (subject to hydrolysis) is 1. The van der Waals surface area contributed by atoms with E-state index in [1.54, 1.807) is 36.8 Å². The molecule has 1 N–H and O–H groups in total. The Labute approximate surface area is 221 Å². The van der Waals surface area contributed by atoms with Gasteiger partial charge < -0.3 is 19.7 Å². The van der Waals surface area contributed by atoms with Gasteiger partial charge in [-0.25, -0.2) is 9.78 Å². The number of amides is 1. The highest BCUT2D eigenvalue weighted by Gasteiger charge is 2.25. The molecule has 9 nitrogen and oxygen atoms in total. The Bertz CT molecular complexity index is 1250. The van der Waals surface area contributed by atoms with Crippen molar-refractivity contribution in [3.05, 3.63) is 76.1 Å². The standard InChI is InChI=1S/C27H32ClN5O4/c1-4-27(2,3)37-26(35)31-20-9-12-32(13-10-20)24-8-7-22(17-30-24)33-14-11-23(15-25(33)34)36-18-21-6-5-19(28)16-29-21/h5-8,11,14-17,20H,4,9-10,12-13,18H2,1-3H3,(H,31,35). The van der Waals surface area contributed by atoms with Crippen molar-refractivity contribution in [2.75, 3.05) is 18.0 Å². The van der Waals surface area contributed by atoms with E-state index in [2.05, 4.69) is 20.2 Å². The first-order valence-electron chi connectivity index (χ1n) is 12.4. The van der Waals surface area contributed by atoms with Crippen molar-refractivity contribution < 1.29 is 14.3 Å². The number of ether oxygens (including phenoxy) is 2. The summed E-state index contributed by atoms with van der Waals surface area (Å²) in [5, 5.41) is 3.53. The highest BCUT2D eigenvalue weighted by molar-refractivity contribution is 6.30. The minimum Gasteiger partial charge on any atom is -0.487 e. The molecule has 3 aromatic rings. The Balaban J connectivity index is 1.30. The zero-order valence-electron chi connectivity index (χ0n) is 21.3. The molecule has 0 atom stereocenters. The number of hydrogen-bond acceptors (Lipinski definition) is 7. The molecule has 4 heterocycles. The van der Waals surface area contributed by atoms with Gasteiger partial charge in [0.2, 0.25) is 0 Å². The number of nitrogens with zero attached hydrogens (tertiary/aromatic N) is 4. The van der Waals surface area contributed by atoms with E-state index in [4.69, 9.17) is 21.1 Å². The monoisotopic (exact) mass is 525 g/mol. The van der Waals surface area contributed by atoms with Crippen molar-refractivity contribution in [3.63, 3.8) is 0 Å². The Morgan fingerprint density at radius 1 is 1.14 bits per heavy atom. The van der Waals surface area contributed by atoms with Crippen LogP contribution < -0.4 is 20.5 Å². The van der Waals surface area contributed by atoms with E-state index in [-0.39, 0.29) is 24.3 Å². The number of carbonyl (C=O) groups is 1. The van der Waals surface area contributed by atoms with Crippen LogP contribution in [0.5, 0.6) is 5.75 Å². The van der Waals surface area contributed by atoms with Crippen molar-refractivity contribution in [1.29, 1.82) is 0 Å². The molecule has 1 saturated heterocycles. The van der Waals surface area contributed by atoms with E-state index >= 15 is 0 Å². The van der Waals surface area contributed by atoms with E-state index in [1.165, 1.54) is 10.6 Å². The molecule has 0 radical (unpaired) electrons. The summed E-state index contributed by atoms with van der Waals surface area (Å²) < 4.78 is 12.7. The van der Waals surface area contributed by atoms with Crippen LogP contribution >= 0.6 is 11.6 Å². The normalized spacial score (nSPS) is 14.3. The van der Waals surface area contributed by atoms with E-state index in [9.17, 15) is 9.59 Å². The fraction of sp³-hybridized carbons (Fsp3) is 0.407. The number of hydrogen-bond donors (Lipinski definition) is 1. The smallest absolute Gasteiger partial charge is 0.407 e. The van der Waals surface area contributed by atoms with Crippen LogP contribution in [0.1, 0.15) is 45.7 Å². The van der Waals surface area contributed by atoms with Crippen molar-refractivity contribution in [1.82, 2.24) is 19.9 Å². The molecule has 37 heavy (non-hydrogen) atoms. The van der Waals surface area contributed by atoms with Gasteiger partial charge in [-0.05, 0) is 63.4 Å². The molecular weight excluding hydrogens is 494 g/mol. The molecule has 1 aliphatic heterocycles. The van der Waals surface area contributed by atoms with E-state index in [0.29, 0.717) is 22.2 Å². The number of nitrogens with one attached hydrogen (secondary N) is 1. The molecule has 0 aliphatic carbocycles. The zero-order valence-corrected chi connectivity index (χ0v) is 22.1. The number of anilines is 1. The van der Waals surface area contributed by atoms with Crippen LogP contribution in [-0.4, -0.2) is 45.4 Å². The van der Waals surface area contributed by atoms with Crippen LogP contribution in [0.2, 0.25) is 5.02 Å². The van der Waals surface area contributed by atoms with Gasteiger partial charge in [0, 0.05) is 37.6 Å². The lowest BCUT2D eigenvalue weighted by Crippen LogP contribution is -2.46. The molecule has 0 saturated carbocycles. The maximum atomic E-state index is 12.7. The number of halogens is 1. The minimum atomic E-state index is -0.472. The molecule has 0 unspecified atom stereocenters. The molecule has 1 fully saturated rings. The predicted molar refractivity (Wildman–Crippen MR) is 143 cm³/mol. The van der Waals surface area contributed by atoms with Gasteiger partial charge in [-0.3, -0.25) is 14.3 Å². The van der Waals surface area contributed by atoms with Crippen LogP contribution in [0.25, 0.3) is 5.69 Å². The molecule has 1 amide bonds. The van der Waals surface area contributed by atoms with Crippen LogP contribution in [-0.2, 0) is 11.3 Å². The van der Waals surface area contributed by atoms with E-state index in [1.807, 2.05) is 32.9 Å². The van der Waals surface area contributed by atoms with Gasteiger partial charge in [0.1, 0.15) is 23.8 Å². The van der Waals surface area contributed by atoms with Crippen molar-refractivity contribution in [3.8, 4) is 11.4 Å². The van der Waals surface area contributed by atoms with Gasteiger partial charge in [-0.1, -0.05) is 18.5 Å². The Morgan fingerprint density at radius 3 is 2.54 bits per heavy atom. The van der Waals surface area contributed by atoms with Crippen molar-refractivity contribution in [2.45, 2.75) is 58.3 Å². The van der Waals surface area contributed by atoms with E-state index < -0.39 is 5.60 Å². The summed E-state index contributed by atoms with van der Waals surface area (Å²) in [5.41, 5.74) is 0.688. The van der Waals surface area contributed by atoms with E-state index in [0.717, 1.165) is 38.2 Å². The first-order valence-corrected chi connectivity index (χ1v) is 12.8. The molecule has 0 bridgehead atoms. The zero-order chi connectivity index (χ0) is 26.4. The lowest BCUT2D eigenvalue weighted by molar-refractivity contribution is 0.0337. The quantitative estimate of drug-likeness (QED) is 0.453. The number of pyridine rings is 3. The van der Waals surface area contributed by atoms with Crippen LogP contribution in [0.4, 0.5) is 10.6 Å². The molecule has 10 heteroatoms. The fourth-order valence-electron chi connectivity index (χ4n) is 3.89. The Hall–Kier alpha value is -3.59. The maximum Gasteiger partial charge on any atom is 0.407 e. The summed E-state index contributed by atoms with van der Waals surface area (Å²) in [6, 6.07) is 10.5. The Morgan fingerprint density at radius 2 is 1.92 bits per heavy atom. The number of carbonyl (C=O) groups excluding carboxylic acids is 1. The molecule has 0 aromatic carbocycles. The van der Waals surface area contributed by atoms with Gasteiger partial charge in [-0.2, -0.15) is 0 Å². The third kappa shape index (κ3) is 7.22. The van der Waals surface area contributed by atoms with Crippen molar-refractivity contribution in [2.24, 2.45) is 0 Å². The predicted octanol–water partition coefficient (Wildman–Crippen LogP) is 4.74.